The van der Waals surface area contributed by atoms with Crippen molar-refractivity contribution in [3.8, 4) is 0 Å². The fourth-order valence-corrected chi connectivity index (χ4v) is 3.61. The molecule has 0 radical (unpaired) electrons. The van der Waals surface area contributed by atoms with Crippen molar-refractivity contribution in [2.75, 3.05) is 19.3 Å². The van der Waals surface area contributed by atoms with Gasteiger partial charge in [0.25, 0.3) is 5.91 Å². The first kappa shape index (κ1) is 13.5. The number of rotatable bonds is 3. The summed E-state index contributed by atoms with van der Waals surface area (Å²) in [5, 5.41) is 1.86. The number of nitrogens with one attached hydrogen (secondary N) is 1. The molecule has 1 atom stereocenters. The van der Waals surface area contributed by atoms with Crippen molar-refractivity contribution in [3.05, 3.63) is 22.4 Å². The van der Waals surface area contributed by atoms with Gasteiger partial charge in [0, 0.05) is 19.1 Å². The Balaban J connectivity index is 2.01. The van der Waals surface area contributed by atoms with Gasteiger partial charge < -0.3 is 4.90 Å². The van der Waals surface area contributed by atoms with Crippen molar-refractivity contribution in [2.24, 2.45) is 0 Å². The van der Waals surface area contributed by atoms with Crippen molar-refractivity contribution in [1.29, 1.82) is 0 Å². The summed E-state index contributed by atoms with van der Waals surface area (Å²) >= 11 is 1.41. The number of sulfonamides is 1. The van der Waals surface area contributed by atoms with Crippen LogP contribution in [0.15, 0.2) is 17.5 Å². The van der Waals surface area contributed by atoms with Crippen molar-refractivity contribution in [2.45, 2.75) is 18.9 Å². The maximum absolute atomic E-state index is 12.1. The first-order valence-electron chi connectivity index (χ1n) is 5.76. The van der Waals surface area contributed by atoms with Crippen LogP contribution in [-0.4, -0.2) is 44.6 Å². The number of piperidine rings is 1. The third-order valence-electron chi connectivity index (χ3n) is 2.82. The number of carbonyl (C=O) groups excluding carboxylic acids is 1. The van der Waals surface area contributed by atoms with E-state index in [0.717, 1.165) is 19.1 Å². The van der Waals surface area contributed by atoms with Gasteiger partial charge in [-0.25, -0.2) is 13.1 Å². The molecule has 0 aliphatic carbocycles. The Morgan fingerprint density at radius 1 is 1.56 bits per heavy atom. The highest BCUT2D eigenvalue weighted by Crippen LogP contribution is 2.17. The number of hydrogen-bond donors (Lipinski definition) is 1. The molecule has 1 aromatic rings. The fraction of sp³-hybridized carbons (Fsp3) is 0.545. The molecule has 2 heterocycles. The van der Waals surface area contributed by atoms with Gasteiger partial charge in [0.05, 0.1) is 11.1 Å². The van der Waals surface area contributed by atoms with Crippen molar-refractivity contribution in [3.63, 3.8) is 0 Å². The van der Waals surface area contributed by atoms with Crippen LogP contribution in [0.4, 0.5) is 0 Å². The van der Waals surface area contributed by atoms with Gasteiger partial charge in [-0.2, -0.15) is 0 Å². The number of likely N-dealkylation sites (tertiary alicyclic amines) is 1. The molecule has 5 nitrogen and oxygen atoms in total. The standard InChI is InChI=1S/C11H16N2O3S2/c1-18(15,16)12-9-4-2-6-13(8-9)11(14)10-5-3-7-17-10/h3,5,7,9,12H,2,4,6,8H2,1H3. The smallest absolute Gasteiger partial charge is 0.263 e. The zero-order chi connectivity index (χ0) is 13.2. The molecule has 0 spiro atoms. The summed E-state index contributed by atoms with van der Waals surface area (Å²) in [5.41, 5.74) is 0. The molecule has 0 aromatic carbocycles. The molecule has 1 amide bonds. The van der Waals surface area contributed by atoms with E-state index >= 15 is 0 Å². The minimum Gasteiger partial charge on any atom is -0.336 e. The zero-order valence-electron chi connectivity index (χ0n) is 10.1. The molecule has 2 rings (SSSR count). The summed E-state index contributed by atoms with van der Waals surface area (Å²) in [6.07, 6.45) is 2.75. The SMILES string of the molecule is CS(=O)(=O)NC1CCCN(C(=O)c2cccs2)C1. The monoisotopic (exact) mass is 288 g/mol. The van der Waals surface area contributed by atoms with E-state index in [0.29, 0.717) is 18.0 Å². The van der Waals surface area contributed by atoms with Gasteiger partial charge in [-0.3, -0.25) is 4.79 Å². The van der Waals surface area contributed by atoms with Crippen molar-refractivity contribution in [1.82, 2.24) is 9.62 Å². The van der Waals surface area contributed by atoms with Crippen LogP contribution >= 0.6 is 11.3 Å². The predicted molar refractivity (Wildman–Crippen MR) is 71.2 cm³/mol. The Labute approximate surface area is 111 Å². The number of hydrogen-bond acceptors (Lipinski definition) is 4. The molecule has 18 heavy (non-hydrogen) atoms. The van der Waals surface area contributed by atoms with Gasteiger partial charge in [-0.05, 0) is 24.3 Å². The minimum absolute atomic E-state index is 0.00926. The summed E-state index contributed by atoms with van der Waals surface area (Å²) in [6, 6.07) is 3.46. The van der Waals surface area contributed by atoms with Gasteiger partial charge in [-0.1, -0.05) is 6.07 Å². The number of carbonyl (C=O) groups is 1. The van der Waals surface area contributed by atoms with Gasteiger partial charge in [-0.15, -0.1) is 11.3 Å². The van der Waals surface area contributed by atoms with Gasteiger partial charge in [0.2, 0.25) is 10.0 Å². The quantitative estimate of drug-likeness (QED) is 0.898. The molecule has 1 aliphatic rings. The van der Waals surface area contributed by atoms with Crippen LogP contribution in [0.2, 0.25) is 0 Å². The van der Waals surface area contributed by atoms with E-state index in [-0.39, 0.29) is 11.9 Å². The average molecular weight is 288 g/mol. The second-order valence-corrected chi connectivity index (χ2v) is 7.19. The Hall–Kier alpha value is -0.920. The summed E-state index contributed by atoms with van der Waals surface area (Å²) in [5.74, 6) is -0.00926. The van der Waals surface area contributed by atoms with E-state index in [9.17, 15) is 13.2 Å². The Morgan fingerprint density at radius 3 is 2.94 bits per heavy atom. The number of nitrogens with zero attached hydrogens (tertiary/aromatic N) is 1. The highest BCUT2D eigenvalue weighted by molar-refractivity contribution is 7.88. The molecule has 1 unspecified atom stereocenters. The van der Waals surface area contributed by atoms with E-state index in [1.165, 1.54) is 11.3 Å². The lowest BCUT2D eigenvalue weighted by atomic mass is 10.1. The lowest BCUT2D eigenvalue weighted by Gasteiger charge is -2.32. The molecule has 1 fully saturated rings. The molecule has 0 bridgehead atoms. The van der Waals surface area contributed by atoms with Crippen molar-refractivity contribution < 1.29 is 13.2 Å². The largest absolute Gasteiger partial charge is 0.336 e. The third kappa shape index (κ3) is 3.54. The molecular formula is C11H16N2O3S2. The third-order valence-corrected chi connectivity index (χ3v) is 4.44. The second kappa shape index (κ2) is 5.38. The molecule has 1 saturated heterocycles. The van der Waals surface area contributed by atoms with Crippen LogP contribution < -0.4 is 4.72 Å². The first-order valence-corrected chi connectivity index (χ1v) is 8.53. The summed E-state index contributed by atoms with van der Waals surface area (Å²) in [6.45, 7) is 1.14. The van der Waals surface area contributed by atoms with Gasteiger partial charge in [0.15, 0.2) is 0 Å². The van der Waals surface area contributed by atoms with E-state index < -0.39 is 10.0 Å². The maximum atomic E-state index is 12.1. The number of amides is 1. The molecule has 0 saturated carbocycles. The molecule has 1 aromatic heterocycles. The molecule has 7 heteroatoms. The van der Waals surface area contributed by atoms with Crippen LogP contribution in [0, 0.1) is 0 Å². The number of thiophene rings is 1. The van der Waals surface area contributed by atoms with Crippen LogP contribution in [-0.2, 0) is 10.0 Å². The van der Waals surface area contributed by atoms with E-state index in [4.69, 9.17) is 0 Å². The van der Waals surface area contributed by atoms with Crippen molar-refractivity contribution >= 4 is 27.3 Å². The summed E-state index contributed by atoms with van der Waals surface area (Å²) < 4.78 is 25.0. The highest BCUT2D eigenvalue weighted by Gasteiger charge is 2.26. The highest BCUT2D eigenvalue weighted by atomic mass is 32.2. The van der Waals surface area contributed by atoms with Crippen LogP contribution in [0.3, 0.4) is 0 Å². The lowest BCUT2D eigenvalue weighted by Crippen LogP contribution is -2.49. The van der Waals surface area contributed by atoms with Crippen LogP contribution in [0.5, 0.6) is 0 Å². The minimum atomic E-state index is -3.21. The molecule has 1 aliphatic heterocycles. The van der Waals surface area contributed by atoms with Crippen LogP contribution in [0.25, 0.3) is 0 Å². The normalized spacial score (nSPS) is 20.9. The Bertz CT molecular complexity index is 510. The van der Waals surface area contributed by atoms with E-state index in [1.807, 2.05) is 11.4 Å². The fourth-order valence-electron chi connectivity index (χ4n) is 2.12. The Kier molecular flexibility index (Phi) is 4.04. The average Bonchev–Trinajstić information content (AvgIpc) is 2.79. The zero-order valence-corrected chi connectivity index (χ0v) is 11.8. The first-order chi connectivity index (χ1) is 8.46. The Morgan fingerprint density at radius 2 is 2.33 bits per heavy atom. The summed E-state index contributed by atoms with van der Waals surface area (Å²) in [4.78, 5) is 14.6. The van der Waals surface area contributed by atoms with Crippen LogP contribution in [0.1, 0.15) is 22.5 Å². The van der Waals surface area contributed by atoms with E-state index in [2.05, 4.69) is 4.72 Å². The maximum Gasteiger partial charge on any atom is 0.263 e. The predicted octanol–water partition coefficient (Wildman–Crippen LogP) is 0.902. The summed E-state index contributed by atoms with van der Waals surface area (Å²) in [7, 11) is -3.21. The van der Waals surface area contributed by atoms with Gasteiger partial charge >= 0.3 is 0 Å². The van der Waals surface area contributed by atoms with E-state index in [1.54, 1.807) is 11.0 Å². The molecule has 1 N–H and O–H groups in total. The van der Waals surface area contributed by atoms with Gasteiger partial charge in [0.1, 0.15) is 0 Å². The second-order valence-electron chi connectivity index (χ2n) is 4.46. The topological polar surface area (TPSA) is 66.5 Å². The molecule has 100 valence electrons. The lowest BCUT2D eigenvalue weighted by molar-refractivity contribution is 0.0708. The molecular weight excluding hydrogens is 272 g/mol.